The third-order valence-electron chi connectivity index (χ3n) is 6.40. The number of aromatic nitrogens is 2. The quantitative estimate of drug-likeness (QED) is 0.463. The fourth-order valence-electron chi connectivity index (χ4n) is 4.54. The minimum atomic E-state index is -0.410. The molecule has 0 saturated carbocycles. The van der Waals surface area contributed by atoms with E-state index in [0.29, 0.717) is 17.1 Å². The highest BCUT2D eigenvalue weighted by Crippen LogP contribution is 2.31. The Morgan fingerprint density at radius 1 is 1.03 bits per heavy atom. The number of likely N-dealkylation sites (N-methyl/N-ethyl adjacent to an activating group) is 1. The zero-order chi connectivity index (χ0) is 23.1. The lowest BCUT2D eigenvalue weighted by Crippen LogP contribution is -2.26. The van der Waals surface area contributed by atoms with Crippen LogP contribution in [0.25, 0.3) is 16.6 Å². The second kappa shape index (κ2) is 8.41. The highest BCUT2D eigenvalue weighted by atomic mass is 19.1. The molecule has 0 spiro atoms. The second-order valence-corrected chi connectivity index (χ2v) is 8.49. The molecule has 0 aliphatic carbocycles. The van der Waals surface area contributed by atoms with Crippen LogP contribution in [0.15, 0.2) is 59.5 Å². The molecule has 170 valence electrons. The molecule has 1 aliphatic rings. The van der Waals surface area contributed by atoms with Crippen molar-refractivity contribution in [2.45, 2.75) is 19.6 Å². The van der Waals surface area contributed by atoms with Crippen LogP contribution >= 0.6 is 0 Å². The Kier molecular flexibility index (Phi) is 5.42. The zero-order valence-corrected chi connectivity index (χ0v) is 19.0. The summed E-state index contributed by atoms with van der Waals surface area (Å²) in [5.41, 5.74) is 4.84. The molecule has 0 N–H and O–H groups in total. The summed E-state index contributed by atoms with van der Waals surface area (Å²) in [5, 5.41) is 1.23. The molecule has 0 radical (unpaired) electrons. The molecule has 1 aliphatic heterocycles. The molecule has 33 heavy (non-hydrogen) atoms. The van der Waals surface area contributed by atoms with Crippen LogP contribution in [0.4, 0.5) is 4.39 Å². The molecule has 2 aromatic heterocycles. The molecule has 0 unspecified atom stereocenters. The van der Waals surface area contributed by atoms with E-state index in [0.717, 1.165) is 30.7 Å². The van der Waals surface area contributed by atoms with Gasteiger partial charge in [-0.05, 0) is 42.9 Å². The number of rotatable bonds is 5. The number of benzene rings is 2. The van der Waals surface area contributed by atoms with Gasteiger partial charge in [-0.15, -0.1) is 0 Å². The minimum Gasteiger partial charge on any atom is -0.497 e. The maximum absolute atomic E-state index is 14.1. The Morgan fingerprint density at radius 3 is 2.64 bits per heavy atom. The highest BCUT2D eigenvalue weighted by molar-refractivity contribution is 5.87. The first-order chi connectivity index (χ1) is 15.9. The minimum absolute atomic E-state index is 0.0224. The summed E-state index contributed by atoms with van der Waals surface area (Å²) >= 11 is 0. The monoisotopic (exact) mass is 447 g/mol. The van der Waals surface area contributed by atoms with Gasteiger partial charge in [0.05, 0.1) is 18.3 Å². The Labute approximate surface area is 191 Å². The molecule has 0 amide bonds. The fraction of sp³-hybridized carbons (Fsp3) is 0.269. The van der Waals surface area contributed by atoms with Crippen molar-refractivity contribution in [3.8, 4) is 17.2 Å². The summed E-state index contributed by atoms with van der Waals surface area (Å²) in [4.78, 5) is 15.2. The van der Waals surface area contributed by atoms with Gasteiger partial charge in [0.25, 0.3) is 5.56 Å². The average Bonchev–Trinajstić information content (AvgIpc) is 3.09. The van der Waals surface area contributed by atoms with E-state index in [-0.39, 0.29) is 12.2 Å². The van der Waals surface area contributed by atoms with Crippen LogP contribution in [0, 0.1) is 5.82 Å². The summed E-state index contributed by atoms with van der Waals surface area (Å²) in [6, 6.07) is 13.9. The normalized spacial score (nSPS) is 13.8. The summed E-state index contributed by atoms with van der Waals surface area (Å²) in [7, 11) is 5.72. The van der Waals surface area contributed by atoms with Crippen molar-refractivity contribution in [3.05, 3.63) is 87.7 Å². The maximum Gasteiger partial charge on any atom is 0.258 e. The number of aryl methyl sites for hydroxylation is 1. The van der Waals surface area contributed by atoms with E-state index >= 15 is 0 Å². The number of pyridine rings is 1. The van der Waals surface area contributed by atoms with Gasteiger partial charge >= 0.3 is 0 Å². The van der Waals surface area contributed by atoms with E-state index < -0.39 is 5.82 Å². The van der Waals surface area contributed by atoms with E-state index in [9.17, 15) is 9.18 Å². The SMILES string of the molecule is COc1ccc(COc2ccn(-c3ccc4c5c(n(C)c4c3)CCN(C)C5)c(=O)c2)c(F)c1. The predicted octanol–water partition coefficient (Wildman–Crippen LogP) is 4.04. The molecular formula is C26H26FN3O3. The number of ether oxygens (including phenoxy) is 2. The summed E-state index contributed by atoms with van der Waals surface area (Å²) in [5.74, 6) is 0.430. The number of methoxy groups -OCH3 is 1. The molecule has 5 rings (SSSR count). The first-order valence-corrected chi connectivity index (χ1v) is 10.9. The van der Waals surface area contributed by atoms with Crippen molar-refractivity contribution < 1.29 is 13.9 Å². The number of nitrogens with zero attached hydrogens (tertiary/aromatic N) is 3. The molecule has 6 nitrogen and oxygen atoms in total. The van der Waals surface area contributed by atoms with E-state index in [4.69, 9.17) is 9.47 Å². The highest BCUT2D eigenvalue weighted by Gasteiger charge is 2.21. The molecule has 2 aromatic carbocycles. The maximum atomic E-state index is 14.1. The fourth-order valence-corrected chi connectivity index (χ4v) is 4.54. The topological polar surface area (TPSA) is 48.6 Å². The van der Waals surface area contributed by atoms with E-state index in [1.807, 2.05) is 6.07 Å². The molecular weight excluding hydrogens is 421 g/mol. The Balaban J connectivity index is 1.40. The van der Waals surface area contributed by atoms with Crippen molar-refractivity contribution in [1.29, 1.82) is 0 Å². The van der Waals surface area contributed by atoms with Gasteiger partial charge in [0.1, 0.15) is 23.9 Å². The van der Waals surface area contributed by atoms with Crippen molar-refractivity contribution in [2.75, 3.05) is 20.7 Å². The van der Waals surface area contributed by atoms with Crippen molar-refractivity contribution in [2.24, 2.45) is 7.05 Å². The van der Waals surface area contributed by atoms with E-state index in [2.05, 4.69) is 35.7 Å². The number of fused-ring (bicyclic) bond motifs is 3. The van der Waals surface area contributed by atoms with Gasteiger partial charge in [-0.3, -0.25) is 9.36 Å². The van der Waals surface area contributed by atoms with Gasteiger partial charge in [0.2, 0.25) is 0 Å². The van der Waals surface area contributed by atoms with Crippen LogP contribution in [0.2, 0.25) is 0 Å². The second-order valence-electron chi connectivity index (χ2n) is 8.49. The number of halogens is 1. The molecule has 0 fully saturated rings. The molecule has 0 saturated heterocycles. The molecule has 3 heterocycles. The summed E-state index contributed by atoms with van der Waals surface area (Å²) in [6.45, 7) is 2.01. The van der Waals surface area contributed by atoms with Crippen LogP contribution in [0.3, 0.4) is 0 Å². The van der Waals surface area contributed by atoms with Crippen LogP contribution in [0.5, 0.6) is 11.5 Å². The molecule has 0 bridgehead atoms. The average molecular weight is 448 g/mol. The third kappa shape index (κ3) is 3.89. The largest absolute Gasteiger partial charge is 0.497 e. The van der Waals surface area contributed by atoms with Gasteiger partial charge in [0, 0.05) is 61.5 Å². The third-order valence-corrected chi connectivity index (χ3v) is 6.40. The van der Waals surface area contributed by atoms with E-state index in [1.165, 1.54) is 35.9 Å². The standard InChI is InChI=1S/C26H26FN3O3/c1-28-10-9-24-22(15-28)21-7-5-18(12-25(21)29(24)2)30-11-8-20(14-26(30)31)33-16-17-4-6-19(32-3)13-23(17)27/h4-8,11-14H,9-10,15-16H2,1-3H3. The van der Waals surface area contributed by atoms with Crippen molar-refractivity contribution >= 4 is 10.9 Å². The zero-order valence-electron chi connectivity index (χ0n) is 19.0. The van der Waals surface area contributed by atoms with Gasteiger partial charge in [-0.2, -0.15) is 0 Å². The van der Waals surface area contributed by atoms with Crippen LogP contribution in [-0.4, -0.2) is 34.7 Å². The smallest absolute Gasteiger partial charge is 0.258 e. The lowest BCUT2D eigenvalue weighted by atomic mass is 10.0. The van der Waals surface area contributed by atoms with Crippen molar-refractivity contribution in [3.63, 3.8) is 0 Å². The Hall–Kier alpha value is -3.58. The number of hydrogen-bond donors (Lipinski definition) is 0. The summed E-state index contributed by atoms with van der Waals surface area (Å²) < 4.78 is 28.7. The molecule has 7 heteroatoms. The number of hydrogen-bond acceptors (Lipinski definition) is 4. The van der Waals surface area contributed by atoms with Crippen LogP contribution in [-0.2, 0) is 26.6 Å². The first-order valence-electron chi connectivity index (χ1n) is 10.9. The summed E-state index contributed by atoms with van der Waals surface area (Å²) in [6.07, 6.45) is 2.72. The van der Waals surface area contributed by atoms with Gasteiger partial charge < -0.3 is 18.9 Å². The van der Waals surface area contributed by atoms with Crippen LogP contribution < -0.4 is 15.0 Å². The van der Waals surface area contributed by atoms with Gasteiger partial charge in [-0.25, -0.2) is 4.39 Å². The van der Waals surface area contributed by atoms with Crippen molar-refractivity contribution in [1.82, 2.24) is 14.0 Å². The van der Waals surface area contributed by atoms with Crippen LogP contribution in [0.1, 0.15) is 16.8 Å². The predicted molar refractivity (Wildman–Crippen MR) is 126 cm³/mol. The Bertz CT molecular complexity index is 1410. The van der Waals surface area contributed by atoms with Gasteiger partial charge in [-0.1, -0.05) is 6.07 Å². The molecule has 0 atom stereocenters. The first kappa shape index (κ1) is 21.3. The van der Waals surface area contributed by atoms with Gasteiger partial charge in [0.15, 0.2) is 0 Å². The lowest BCUT2D eigenvalue weighted by Gasteiger charge is -2.23. The lowest BCUT2D eigenvalue weighted by molar-refractivity contribution is 0.298. The van der Waals surface area contributed by atoms with E-state index in [1.54, 1.807) is 29.0 Å². The molecule has 4 aromatic rings. The Morgan fingerprint density at radius 2 is 1.88 bits per heavy atom.